The molecule has 3 aromatic carbocycles. The van der Waals surface area contributed by atoms with E-state index < -0.39 is 34.3 Å². The number of amides is 1. The zero-order chi connectivity index (χ0) is 24.0. The van der Waals surface area contributed by atoms with Crippen molar-refractivity contribution in [1.82, 2.24) is 0 Å². The van der Waals surface area contributed by atoms with Crippen LogP contribution in [0.15, 0.2) is 77.7 Å². The molecule has 33 heavy (non-hydrogen) atoms. The summed E-state index contributed by atoms with van der Waals surface area (Å²) in [6.45, 7) is 1.14. The molecule has 0 saturated carbocycles. The lowest BCUT2D eigenvalue weighted by molar-refractivity contribution is -0.114. The Bertz CT molecular complexity index is 1270. The minimum atomic E-state index is -4.21. The monoisotopic (exact) mass is 490 g/mol. The topological polar surface area (TPSA) is 92.8 Å². The third kappa shape index (κ3) is 5.68. The summed E-state index contributed by atoms with van der Waals surface area (Å²) in [6.07, 6.45) is 0. The van der Waals surface area contributed by atoms with Crippen molar-refractivity contribution in [2.45, 2.75) is 11.8 Å². The molecule has 0 heterocycles. The molecular formula is C23H20ClFN2O5S. The van der Waals surface area contributed by atoms with E-state index in [-0.39, 0.29) is 33.5 Å². The minimum absolute atomic E-state index is 0.000851. The molecule has 172 valence electrons. The highest BCUT2D eigenvalue weighted by Crippen LogP contribution is 2.28. The number of anilines is 2. The summed E-state index contributed by atoms with van der Waals surface area (Å²) < 4.78 is 46.1. The van der Waals surface area contributed by atoms with Gasteiger partial charge in [0.05, 0.1) is 33.5 Å². The number of hydrogen-bond donors (Lipinski definition) is 1. The summed E-state index contributed by atoms with van der Waals surface area (Å²) in [5, 5.41) is 2.25. The molecule has 3 aromatic rings. The standard InChI is InChI=1S/C23H20ClFN2O5S/c1-2-32-23(29)18-10-6-7-11-21(18)26-22(28)15-27(16-12-13-20(25)19(24)14-16)33(30,31)17-8-4-3-5-9-17/h3-14H,2,15H2,1H3,(H,26,28). The number of rotatable bonds is 8. The molecule has 0 radical (unpaired) electrons. The molecule has 0 aromatic heterocycles. The van der Waals surface area contributed by atoms with Crippen LogP contribution in [0, 0.1) is 5.82 Å². The lowest BCUT2D eigenvalue weighted by Crippen LogP contribution is -2.38. The van der Waals surface area contributed by atoms with Crippen LogP contribution in [0.4, 0.5) is 15.8 Å². The molecule has 1 amide bonds. The molecule has 0 atom stereocenters. The van der Waals surface area contributed by atoms with E-state index in [1.54, 1.807) is 37.3 Å². The van der Waals surface area contributed by atoms with E-state index >= 15 is 0 Å². The fraction of sp³-hybridized carbons (Fsp3) is 0.130. The van der Waals surface area contributed by atoms with Crippen molar-refractivity contribution in [2.24, 2.45) is 0 Å². The number of benzene rings is 3. The van der Waals surface area contributed by atoms with Gasteiger partial charge in [0.2, 0.25) is 5.91 Å². The molecule has 0 aliphatic heterocycles. The molecule has 0 aliphatic carbocycles. The van der Waals surface area contributed by atoms with Crippen LogP contribution >= 0.6 is 11.6 Å². The van der Waals surface area contributed by atoms with Crippen LogP contribution in [0.25, 0.3) is 0 Å². The van der Waals surface area contributed by atoms with Crippen molar-refractivity contribution in [2.75, 3.05) is 22.8 Å². The second-order valence-corrected chi connectivity index (χ2v) is 9.01. The highest BCUT2D eigenvalue weighted by molar-refractivity contribution is 7.92. The summed E-state index contributed by atoms with van der Waals surface area (Å²) in [5.74, 6) is -2.09. The number of nitrogens with one attached hydrogen (secondary N) is 1. The summed E-state index contributed by atoms with van der Waals surface area (Å²) in [7, 11) is -4.21. The number of sulfonamides is 1. The van der Waals surface area contributed by atoms with Gasteiger partial charge in [-0.05, 0) is 49.4 Å². The number of para-hydroxylation sites is 1. The smallest absolute Gasteiger partial charge is 0.340 e. The first-order chi connectivity index (χ1) is 15.7. The number of carbonyl (C=O) groups excluding carboxylic acids is 2. The van der Waals surface area contributed by atoms with Crippen molar-refractivity contribution < 1.29 is 27.1 Å². The Morgan fingerprint density at radius 2 is 1.70 bits per heavy atom. The summed E-state index contributed by atoms with van der Waals surface area (Å²) in [4.78, 5) is 25.0. The lowest BCUT2D eigenvalue weighted by Gasteiger charge is -2.24. The van der Waals surface area contributed by atoms with Crippen LogP contribution in [-0.4, -0.2) is 33.4 Å². The minimum Gasteiger partial charge on any atom is -0.462 e. The van der Waals surface area contributed by atoms with Gasteiger partial charge >= 0.3 is 5.97 Å². The van der Waals surface area contributed by atoms with Crippen molar-refractivity contribution in [3.63, 3.8) is 0 Å². The molecule has 1 N–H and O–H groups in total. The van der Waals surface area contributed by atoms with E-state index in [1.807, 2.05) is 0 Å². The number of ether oxygens (including phenoxy) is 1. The van der Waals surface area contributed by atoms with Gasteiger partial charge in [0, 0.05) is 0 Å². The lowest BCUT2D eigenvalue weighted by atomic mass is 10.2. The third-order valence-corrected chi connectivity index (χ3v) is 6.58. The highest BCUT2D eigenvalue weighted by atomic mass is 35.5. The van der Waals surface area contributed by atoms with Gasteiger partial charge < -0.3 is 10.1 Å². The second kappa shape index (κ2) is 10.5. The van der Waals surface area contributed by atoms with E-state index in [9.17, 15) is 22.4 Å². The average Bonchev–Trinajstić information content (AvgIpc) is 2.80. The van der Waals surface area contributed by atoms with E-state index in [4.69, 9.17) is 16.3 Å². The van der Waals surface area contributed by atoms with Crippen molar-refractivity contribution in [3.05, 3.63) is 89.2 Å². The number of nitrogens with zero attached hydrogens (tertiary/aromatic N) is 1. The molecule has 0 unspecified atom stereocenters. The van der Waals surface area contributed by atoms with Crippen LogP contribution in [0.2, 0.25) is 5.02 Å². The fourth-order valence-electron chi connectivity index (χ4n) is 2.97. The van der Waals surface area contributed by atoms with Crippen LogP contribution in [-0.2, 0) is 19.6 Å². The number of hydrogen-bond acceptors (Lipinski definition) is 5. The van der Waals surface area contributed by atoms with Gasteiger partial charge in [-0.2, -0.15) is 0 Å². The van der Waals surface area contributed by atoms with E-state index in [0.29, 0.717) is 0 Å². The largest absolute Gasteiger partial charge is 0.462 e. The van der Waals surface area contributed by atoms with Crippen molar-refractivity contribution in [3.8, 4) is 0 Å². The third-order valence-electron chi connectivity index (χ3n) is 4.51. The molecule has 0 bridgehead atoms. The summed E-state index contributed by atoms with van der Waals surface area (Å²) >= 11 is 5.86. The van der Waals surface area contributed by atoms with Gasteiger partial charge in [-0.1, -0.05) is 41.9 Å². The Labute approximate surface area is 195 Å². The Morgan fingerprint density at radius 1 is 1.03 bits per heavy atom. The summed E-state index contributed by atoms with van der Waals surface area (Å²) in [6, 6.07) is 17.0. The van der Waals surface area contributed by atoms with E-state index in [0.717, 1.165) is 16.4 Å². The quantitative estimate of drug-likeness (QED) is 0.470. The maximum atomic E-state index is 13.7. The molecule has 7 nitrogen and oxygen atoms in total. The van der Waals surface area contributed by atoms with Crippen LogP contribution < -0.4 is 9.62 Å². The molecule has 3 rings (SSSR count). The molecule has 0 saturated heterocycles. The number of esters is 1. The fourth-order valence-corrected chi connectivity index (χ4v) is 4.58. The Kier molecular flexibility index (Phi) is 7.67. The average molecular weight is 491 g/mol. The van der Waals surface area contributed by atoms with Gasteiger partial charge in [0.1, 0.15) is 12.4 Å². The zero-order valence-electron chi connectivity index (χ0n) is 17.5. The maximum Gasteiger partial charge on any atom is 0.340 e. The number of carbonyl (C=O) groups is 2. The van der Waals surface area contributed by atoms with Gasteiger partial charge in [-0.3, -0.25) is 9.10 Å². The van der Waals surface area contributed by atoms with Gasteiger partial charge in [0.15, 0.2) is 0 Å². The molecule has 10 heteroatoms. The van der Waals surface area contributed by atoms with Crippen LogP contribution in [0.3, 0.4) is 0 Å². The van der Waals surface area contributed by atoms with Crippen molar-refractivity contribution in [1.29, 1.82) is 0 Å². The van der Waals surface area contributed by atoms with Crippen LogP contribution in [0.5, 0.6) is 0 Å². The van der Waals surface area contributed by atoms with E-state index in [1.165, 1.54) is 30.3 Å². The first-order valence-electron chi connectivity index (χ1n) is 9.83. The molecule has 0 spiro atoms. The van der Waals surface area contributed by atoms with Gasteiger partial charge in [-0.25, -0.2) is 17.6 Å². The van der Waals surface area contributed by atoms with Crippen LogP contribution in [0.1, 0.15) is 17.3 Å². The maximum absolute atomic E-state index is 13.7. The number of halogens is 2. The predicted octanol–water partition coefficient (Wildman–Crippen LogP) is 4.49. The Balaban J connectivity index is 1.95. The molecule has 0 aliphatic rings. The predicted molar refractivity (Wildman–Crippen MR) is 123 cm³/mol. The molecular weight excluding hydrogens is 471 g/mol. The first-order valence-corrected chi connectivity index (χ1v) is 11.6. The van der Waals surface area contributed by atoms with E-state index in [2.05, 4.69) is 5.32 Å². The zero-order valence-corrected chi connectivity index (χ0v) is 19.1. The second-order valence-electron chi connectivity index (χ2n) is 6.74. The summed E-state index contributed by atoms with van der Waals surface area (Å²) in [5.41, 5.74) is 0.282. The SMILES string of the molecule is CCOC(=O)c1ccccc1NC(=O)CN(c1ccc(F)c(Cl)c1)S(=O)(=O)c1ccccc1. The molecule has 0 fully saturated rings. The van der Waals surface area contributed by atoms with Crippen molar-refractivity contribution >= 4 is 44.9 Å². The Hall–Kier alpha value is -3.43. The first kappa shape index (κ1) is 24.2. The normalized spacial score (nSPS) is 11.0. The van der Waals surface area contributed by atoms with Gasteiger partial charge in [-0.15, -0.1) is 0 Å². The van der Waals surface area contributed by atoms with Gasteiger partial charge in [0.25, 0.3) is 10.0 Å². The highest BCUT2D eigenvalue weighted by Gasteiger charge is 2.28. The Morgan fingerprint density at radius 3 is 2.36 bits per heavy atom.